The van der Waals surface area contributed by atoms with Crippen molar-refractivity contribution in [2.45, 2.75) is 12.8 Å². The van der Waals surface area contributed by atoms with Crippen LogP contribution in [0.1, 0.15) is 12.8 Å². The Kier molecular flexibility index (Phi) is 1.72. The lowest BCUT2D eigenvalue weighted by molar-refractivity contribution is 0.0728. The molecular weight excluding hydrogens is 108 g/mol. The fourth-order valence-corrected chi connectivity index (χ4v) is 0.557. The van der Waals surface area contributed by atoms with Gasteiger partial charge in [0.05, 0.1) is 13.2 Å². The minimum Gasteiger partial charge on any atom is -0.434 e. The van der Waals surface area contributed by atoms with Crippen molar-refractivity contribution in [2.75, 3.05) is 13.2 Å². The van der Waals surface area contributed by atoms with Gasteiger partial charge in [-0.25, -0.2) is 4.79 Å². The Labute approximate surface area is 47.6 Å². The van der Waals surface area contributed by atoms with Crippen LogP contribution in [-0.4, -0.2) is 19.4 Å². The summed E-state index contributed by atoms with van der Waals surface area (Å²) in [6.07, 6.45) is 1.32. The van der Waals surface area contributed by atoms with Crippen LogP contribution in [0.4, 0.5) is 4.79 Å². The third-order valence-electron chi connectivity index (χ3n) is 0.979. The summed E-state index contributed by atoms with van der Waals surface area (Å²) in [5.74, 6) is 0. The van der Waals surface area contributed by atoms with Gasteiger partial charge in [-0.2, -0.15) is 0 Å². The predicted molar refractivity (Wildman–Crippen MR) is 26.5 cm³/mol. The Morgan fingerprint density at radius 1 is 1.12 bits per heavy atom. The van der Waals surface area contributed by atoms with Gasteiger partial charge < -0.3 is 9.47 Å². The number of carbonyl (C=O) groups excluding carboxylic acids is 1. The highest BCUT2D eigenvalue weighted by Crippen LogP contribution is 1.99. The average Bonchev–Trinajstić information content (AvgIpc) is 1.94. The smallest absolute Gasteiger partial charge is 0.434 e. The molecular formula is C5H8O3. The summed E-state index contributed by atoms with van der Waals surface area (Å²) in [5, 5.41) is 0. The van der Waals surface area contributed by atoms with E-state index < -0.39 is 6.16 Å². The van der Waals surface area contributed by atoms with Gasteiger partial charge in [-0.05, 0) is 12.8 Å². The molecule has 1 fully saturated rings. The number of ether oxygens (including phenoxy) is 2. The van der Waals surface area contributed by atoms with Crippen molar-refractivity contribution in [3.8, 4) is 0 Å². The second kappa shape index (κ2) is 2.55. The number of carbonyl (C=O) groups is 1. The molecule has 46 valence electrons. The highest BCUT2D eigenvalue weighted by atomic mass is 16.7. The maximum Gasteiger partial charge on any atom is 0.508 e. The first-order valence-corrected chi connectivity index (χ1v) is 2.69. The molecule has 1 aliphatic rings. The third-order valence-corrected chi connectivity index (χ3v) is 0.979. The fraction of sp³-hybridized carbons (Fsp3) is 0.800. The van der Waals surface area contributed by atoms with Crippen LogP contribution in [0.2, 0.25) is 0 Å². The molecule has 3 nitrogen and oxygen atoms in total. The predicted octanol–water partition coefficient (Wildman–Crippen LogP) is 0.933. The van der Waals surface area contributed by atoms with Crippen molar-refractivity contribution in [1.29, 1.82) is 0 Å². The zero-order chi connectivity index (χ0) is 5.82. The minimum atomic E-state index is -0.525. The van der Waals surface area contributed by atoms with Crippen LogP contribution in [0.25, 0.3) is 0 Å². The topological polar surface area (TPSA) is 35.5 Å². The van der Waals surface area contributed by atoms with Crippen LogP contribution in [-0.2, 0) is 9.47 Å². The fourth-order valence-electron chi connectivity index (χ4n) is 0.557. The van der Waals surface area contributed by atoms with Gasteiger partial charge in [0.2, 0.25) is 0 Å². The Bertz CT molecular complexity index is 79.7. The summed E-state index contributed by atoms with van der Waals surface area (Å²) in [6.45, 7) is 1.03. The molecule has 0 aliphatic carbocycles. The molecule has 1 aliphatic heterocycles. The Balaban J connectivity index is 2.27. The monoisotopic (exact) mass is 116 g/mol. The standard InChI is InChI=1S/C5H8O3/c6-5-7-3-1-2-4-8-5/h1-4H2. The van der Waals surface area contributed by atoms with Crippen LogP contribution < -0.4 is 0 Å². The molecule has 0 amide bonds. The maximum atomic E-state index is 10.2. The van der Waals surface area contributed by atoms with E-state index in [1.807, 2.05) is 0 Å². The molecule has 0 spiro atoms. The average molecular weight is 116 g/mol. The van der Waals surface area contributed by atoms with E-state index in [4.69, 9.17) is 0 Å². The minimum absolute atomic E-state index is 0.513. The van der Waals surface area contributed by atoms with Crippen molar-refractivity contribution in [2.24, 2.45) is 0 Å². The first kappa shape index (κ1) is 5.41. The van der Waals surface area contributed by atoms with Crippen LogP contribution in [0.15, 0.2) is 0 Å². The van der Waals surface area contributed by atoms with E-state index in [2.05, 4.69) is 9.47 Å². The van der Waals surface area contributed by atoms with Gasteiger partial charge in [-0.1, -0.05) is 0 Å². The van der Waals surface area contributed by atoms with Crippen LogP contribution >= 0.6 is 0 Å². The molecule has 8 heavy (non-hydrogen) atoms. The van der Waals surface area contributed by atoms with Crippen molar-refractivity contribution >= 4 is 6.16 Å². The molecule has 0 N–H and O–H groups in total. The van der Waals surface area contributed by atoms with Gasteiger partial charge in [0.1, 0.15) is 0 Å². The molecule has 0 unspecified atom stereocenters. The van der Waals surface area contributed by atoms with Gasteiger partial charge in [0.25, 0.3) is 0 Å². The number of rotatable bonds is 0. The molecule has 0 radical (unpaired) electrons. The van der Waals surface area contributed by atoms with E-state index in [1.165, 1.54) is 0 Å². The molecule has 0 aromatic rings. The van der Waals surface area contributed by atoms with Gasteiger partial charge in [-0.3, -0.25) is 0 Å². The van der Waals surface area contributed by atoms with Crippen LogP contribution in [0, 0.1) is 0 Å². The summed E-state index contributed by atoms with van der Waals surface area (Å²) >= 11 is 0. The van der Waals surface area contributed by atoms with E-state index in [9.17, 15) is 4.79 Å². The zero-order valence-corrected chi connectivity index (χ0v) is 4.55. The van der Waals surface area contributed by atoms with Crippen molar-refractivity contribution < 1.29 is 14.3 Å². The highest BCUT2D eigenvalue weighted by molar-refractivity contribution is 5.59. The summed E-state index contributed by atoms with van der Waals surface area (Å²) in [7, 11) is 0. The molecule has 0 aromatic heterocycles. The molecule has 0 bridgehead atoms. The van der Waals surface area contributed by atoms with Crippen LogP contribution in [0.3, 0.4) is 0 Å². The summed E-state index contributed by atoms with van der Waals surface area (Å²) in [6, 6.07) is 0. The SMILES string of the molecule is O=C1OCCCCO1. The van der Waals surface area contributed by atoms with Gasteiger partial charge in [0.15, 0.2) is 0 Å². The Hall–Kier alpha value is -0.730. The summed E-state index contributed by atoms with van der Waals surface area (Å²) in [4.78, 5) is 10.2. The molecule has 1 saturated heterocycles. The van der Waals surface area contributed by atoms with E-state index in [1.54, 1.807) is 0 Å². The first-order chi connectivity index (χ1) is 3.89. The molecule has 1 heterocycles. The Morgan fingerprint density at radius 2 is 1.62 bits per heavy atom. The highest BCUT2D eigenvalue weighted by Gasteiger charge is 2.06. The normalized spacial score (nSPS) is 20.8. The van der Waals surface area contributed by atoms with Crippen molar-refractivity contribution in [3.63, 3.8) is 0 Å². The second-order valence-corrected chi connectivity index (χ2v) is 1.65. The quantitative estimate of drug-likeness (QED) is 0.442. The van der Waals surface area contributed by atoms with Gasteiger partial charge >= 0.3 is 6.16 Å². The Morgan fingerprint density at radius 3 is 2.12 bits per heavy atom. The van der Waals surface area contributed by atoms with Crippen LogP contribution in [0.5, 0.6) is 0 Å². The van der Waals surface area contributed by atoms with E-state index in [-0.39, 0.29) is 0 Å². The van der Waals surface area contributed by atoms with E-state index in [0.717, 1.165) is 12.8 Å². The van der Waals surface area contributed by atoms with Crippen molar-refractivity contribution in [1.82, 2.24) is 0 Å². The second-order valence-electron chi connectivity index (χ2n) is 1.65. The number of hydrogen-bond acceptors (Lipinski definition) is 3. The van der Waals surface area contributed by atoms with Gasteiger partial charge in [-0.15, -0.1) is 0 Å². The third kappa shape index (κ3) is 1.40. The lowest BCUT2D eigenvalue weighted by Gasteiger charge is -1.94. The first-order valence-electron chi connectivity index (χ1n) is 2.69. The molecule has 0 atom stereocenters. The van der Waals surface area contributed by atoms with E-state index >= 15 is 0 Å². The molecule has 3 heteroatoms. The number of cyclic esters (lactones) is 2. The molecule has 0 saturated carbocycles. The van der Waals surface area contributed by atoms with Crippen molar-refractivity contribution in [3.05, 3.63) is 0 Å². The maximum absolute atomic E-state index is 10.2. The molecule has 0 aromatic carbocycles. The lowest BCUT2D eigenvalue weighted by Crippen LogP contribution is -2.02. The molecule has 1 rings (SSSR count). The van der Waals surface area contributed by atoms with Gasteiger partial charge in [0, 0.05) is 0 Å². The zero-order valence-electron chi connectivity index (χ0n) is 4.55. The summed E-state index contributed by atoms with van der Waals surface area (Å²) in [5.41, 5.74) is 0. The largest absolute Gasteiger partial charge is 0.508 e. The lowest BCUT2D eigenvalue weighted by atomic mass is 10.3. The summed E-state index contributed by atoms with van der Waals surface area (Å²) < 4.78 is 9.08. The van der Waals surface area contributed by atoms with E-state index in [0.29, 0.717) is 13.2 Å². The number of hydrogen-bond donors (Lipinski definition) is 0.